The maximum atomic E-state index is 12.8. The van der Waals surface area contributed by atoms with Crippen LogP contribution in [0.4, 0.5) is 4.39 Å². The lowest BCUT2D eigenvalue weighted by molar-refractivity contribution is 0.0930. The maximum absolute atomic E-state index is 12.8. The fourth-order valence-electron chi connectivity index (χ4n) is 1.83. The molecule has 1 aliphatic carbocycles. The minimum atomic E-state index is -0.458. The Kier molecular flexibility index (Phi) is 4.96. The van der Waals surface area contributed by atoms with Gasteiger partial charge in [0.25, 0.3) is 5.91 Å². The first kappa shape index (κ1) is 15.2. The Morgan fingerprint density at radius 3 is 2.67 bits per heavy atom. The lowest BCUT2D eigenvalue weighted by Gasteiger charge is -2.38. The highest BCUT2D eigenvalue weighted by Crippen LogP contribution is 2.28. The van der Waals surface area contributed by atoms with Crippen molar-refractivity contribution in [3.63, 3.8) is 0 Å². The summed E-state index contributed by atoms with van der Waals surface area (Å²) >= 11 is 5.79. The number of hydrogen-bond donors (Lipinski definition) is 2. The van der Waals surface area contributed by atoms with E-state index in [1.807, 2.05) is 0 Å². The van der Waals surface area contributed by atoms with E-state index in [1.165, 1.54) is 12.1 Å². The van der Waals surface area contributed by atoms with Gasteiger partial charge in [-0.15, -0.1) is 12.4 Å². The summed E-state index contributed by atoms with van der Waals surface area (Å²) in [4.78, 5) is 11.8. The van der Waals surface area contributed by atoms with E-state index < -0.39 is 5.82 Å². The van der Waals surface area contributed by atoms with Crippen LogP contribution in [0.1, 0.15) is 29.6 Å². The number of nitrogens with one attached hydrogen (secondary N) is 1. The van der Waals surface area contributed by atoms with Crippen LogP contribution in [0.15, 0.2) is 18.2 Å². The summed E-state index contributed by atoms with van der Waals surface area (Å²) in [6, 6.07) is 3.71. The number of carbonyl (C=O) groups is 1. The van der Waals surface area contributed by atoms with Gasteiger partial charge in [-0.25, -0.2) is 4.39 Å². The van der Waals surface area contributed by atoms with Gasteiger partial charge < -0.3 is 11.1 Å². The van der Waals surface area contributed by atoms with Gasteiger partial charge in [-0.1, -0.05) is 11.6 Å². The second kappa shape index (κ2) is 5.87. The van der Waals surface area contributed by atoms with Crippen molar-refractivity contribution in [2.45, 2.75) is 24.8 Å². The lowest BCUT2D eigenvalue weighted by Crippen LogP contribution is -2.54. The summed E-state index contributed by atoms with van der Waals surface area (Å²) < 4.78 is 12.8. The van der Waals surface area contributed by atoms with Crippen molar-refractivity contribution >= 4 is 29.9 Å². The molecule has 0 aromatic heterocycles. The average molecular weight is 293 g/mol. The molecule has 0 aliphatic heterocycles. The number of carbonyl (C=O) groups excluding carboxylic acids is 1. The summed E-state index contributed by atoms with van der Waals surface area (Å²) in [6.45, 7) is 0.430. The van der Waals surface area contributed by atoms with Crippen LogP contribution in [0.5, 0.6) is 0 Å². The molecule has 0 saturated heterocycles. The molecule has 0 atom stereocenters. The number of hydrogen-bond acceptors (Lipinski definition) is 2. The highest BCUT2D eigenvalue weighted by Gasteiger charge is 2.32. The second-order valence-corrected chi connectivity index (χ2v) is 4.93. The van der Waals surface area contributed by atoms with Crippen LogP contribution in [0.25, 0.3) is 0 Å². The van der Waals surface area contributed by atoms with Gasteiger partial charge in [-0.05, 0) is 37.5 Å². The molecule has 1 fully saturated rings. The Labute approximate surface area is 116 Å². The zero-order valence-electron chi connectivity index (χ0n) is 9.71. The van der Waals surface area contributed by atoms with Crippen LogP contribution in [-0.4, -0.2) is 18.0 Å². The molecule has 1 aromatic rings. The minimum Gasteiger partial charge on any atom is -0.350 e. The SMILES string of the molecule is Cl.NC1(CNC(=O)c2ccc(F)cc2Cl)CCC1. The predicted molar refractivity (Wildman–Crippen MR) is 71.8 cm³/mol. The summed E-state index contributed by atoms with van der Waals surface area (Å²) in [5, 5.41) is 2.84. The Bertz CT molecular complexity index is 450. The van der Waals surface area contributed by atoms with Crippen molar-refractivity contribution < 1.29 is 9.18 Å². The standard InChI is InChI=1S/C12H14ClFN2O.ClH/c13-10-6-8(14)2-3-9(10)11(17)16-7-12(15)4-1-5-12;/h2-3,6H,1,4-5,7,15H2,(H,16,17);1H. The van der Waals surface area contributed by atoms with Crippen LogP contribution < -0.4 is 11.1 Å². The first-order valence-corrected chi connectivity index (χ1v) is 5.90. The third kappa shape index (κ3) is 3.34. The molecule has 0 bridgehead atoms. The average Bonchev–Trinajstić information content (AvgIpc) is 2.23. The quantitative estimate of drug-likeness (QED) is 0.899. The molecular formula is C12H15Cl2FN2O. The van der Waals surface area contributed by atoms with E-state index in [0.29, 0.717) is 6.54 Å². The Balaban J connectivity index is 0.00000162. The van der Waals surface area contributed by atoms with Crippen molar-refractivity contribution in [2.75, 3.05) is 6.54 Å². The molecule has 6 heteroatoms. The maximum Gasteiger partial charge on any atom is 0.252 e. The van der Waals surface area contributed by atoms with Crippen molar-refractivity contribution in [1.29, 1.82) is 0 Å². The first-order valence-electron chi connectivity index (χ1n) is 5.52. The van der Waals surface area contributed by atoms with Crippen molar-refractivity contribution in [3.8, 4) is 0 Å². The fourth-order valence-corrected chi connectivity index (χ4v) is 2.09. The van der Waals surface area contributed by atoms with E-state index in [2.05, 4.69) is 5.32 Å². The molecule has 2 rings (SSSR count). The van der Waals surface area contributed by atoms with Gasteiger partial charge in [0.15, 0.2) is 0 Å². The zero-order valence-corrected chi connectivity index (χ0v) is 11.3. The Morgan fingerprint density at radius 1 is 1.50 bits per heavy atom. The topological polar surface area (TPSA) is 55.1 Å². The van der Waals surface area contributed by atoms with Gasteiger partial charge >= 0.3 is 0 Å². The largest absolute Gasteiger partial charge is 0.350 e. The highest BCUT2D eigenvalue weighted by atomic mass is 35.5. The van der Waals surface area contributed by atoms with Crippen molar-refractivity contribution in [3.05, 3.63) is 34.6 Å². The van der Waals surface area contributed by atoms with Crippen LogP contribution >= 0.6 is 24.0 Å². The molecule has 18 heavy (non-hydrogen) atoms. The van der Waals surface area contributed by atoms with E-state index in [-0.39, 0.29) is 34.4 Å². The lowest BCUT2D eigenvalue weighted by atomic mass is 9.78. The molecule has 1 aromatic carbocycles. The van der Waals surface area contributed by atoms with Crippen LogP contribution in [0, 0.1) is 5.82 Å². The summed E-state index contributed by atoms with van der Waals surface area (Å²) in [5.74, 6) is -0.771. The Morgan fingerprint density at radius 2 is 2.17 bits per heavy atom. The molecule has 0 spiro atoms. The molecule has 0 heterocycles. The van der Waals surface area contributed by atoms with Gasteiger partial charge in [0.1, 0.15) is 5.82 Å². The summed E-state index contributed by atoms with van der Waals surface area (Å²) in [5.41, 5.74) is 5.98. The molecule has 1 aliphatic rings. The van der Waals surface area contributed by atoms with Gasteiger partial charge in [0.05, 0.1) is 10.6 Å². The molecule has 3 nitrogen and oxygen atoms in total. The van der Waals surface area contributed by atoms with E-state index in [1.54, 1.807) is 0 Å². The zero-order chi connectivity index (χ0) is 12.5. The normalized spacial score (nSPS) is 16.4. The fraction of sp³-hybridized carbons (Fsp3) is 0.417. The van der Waals surface area contributed by atoms with E-state index in [4.69, 9.17) is 17.3 Å². The molecule has 1 amide bonds. The van der Waals surface area contributed by atoms with Crippen molar-refractivity contribution in [1.82, 2.24) is 5.32 Å². The number of halogens is 3. The molecule has 0 radical (unpaired) electrons. The second-order valence-electron chi connectivity index (χ2n) is 4.52. The summed E-state index contributed by atoms with van der Waals surface area (Å²) in [6.07, 6.45) is 2.94. The first-order chi connectivity index (χ1) is 8.00. The Hall–Kier alpha value is -0.840. The van der Waals surface area contributed by atoms with E-state index in [9.17, 15) is 9.18 Å². The van der Waals surface area contributed by atoms with E-state index >= 15 is 0 Å². The monoisotopic (exact) mass is 292 g/mol. The molecule has 0 unspecified atom stereocenters. The third-order valence-corrected chi connectivity index (χ3v) is 3.44. The van der Waals surface area contributed by atoms with Crippen molar-refractivity contribution in [2.24, 2.45) is 5.73 Å². The molecular weight excluding hydrogens is 278 g/mol. The third-order valence-electron chi connectivity index (χ3n) is 3.13. The van der Waals surface area contributed by atoms with Crippen LogP contribution in [-0.2, 0) is 0 Å². The van der Waals surface area contributed by atoms with Gasteiger partial charge in [-0.2, -0.15) is 0 Å². The van der Waals surface area contributed by atoms with Crippen LogP contribution in [0.2, 0.25) is 5.02 Å². The van der Waals surface area contributed by atoms with Gasteiger partial charge in [-0.3, -0.25) is 4.79 Å². The molecule has 1 saturated carbocycles. The predicted octanol–water partition coefficient (Wildman–Crippen LogP) is 2.51. The number of nitrogens with two attached hydrogens (primary N) is 1. The number of benzene rings is 1. The van der Waals surface area contributed by atoms with Gasteiger partial charge in [0.2, 0.25) is 0 Å². The number of rotatable bonds is 3. The smallest absolute Gasteiger partial charge is 0.252 e. The number of amides is 1. The highest BCUT2D eigenvalue weighted by molar-refractivity contribution is 6.33. The van der Waals surface area contributed by atoms with E-state index in [0.717, 1.165) is 25.3 Å². The molecule has 3 N–H and O–H groups in total. The summed E-state index contributed by atoms with van der Waals surface area (Å²) in [7, 11) is 0. The minimum absolute atomic E-state index is 0. The van der Waals surface area contributed by atoms with Gasteiger partial charge in [0, 0.05) is 12.1 Å². The molecule has 100 valence electrons. The van der Waals surface area contributed by atoms with Crippen LogP contribution in [0.3, 0.4) is 0 Å².